The molecule has 32 heavy (non-hydrogen) atoms. The maximum atomic E-state index is 12.3. The van der Waals surface area contributed by atoms with Gasteiger partial charge in [0.2, 0.25) is 5.91 Å². The van der Waals surface area contributed by atoms with Crippen LogP contribution >= 0.6 is 12.4 Å². The minimum Gasteiger partial charge on any atom is -0.462 e. The summed E-state index contributed by atoms with van der Waals surface area (Å²) >= 11 is 0. The smallest absolute Gasteiger partial charge is 0.328 e. The highest BCUT2D eigenvalue weighted by molar-refractivity contribution is 5.97. The third-order valence-electron chi connectivity index (χ3n) is 5.23. The molecule has 1 aliphatic heterocycles. The number of nitrogens with one attached hydrogen (secondary N) is 2. The molecule has 2 amide bonds. The second kappa shape index (κ2) is 11.4. The molecule has 0 aliphatic carbocycles. The summed E-state index contributed by atoms with van der Waals surface area (Å²) in [6.45, 7) is 5.03. The summed E-state index contributed by atoms with van der Waals surface area (Å²) in [6, 6.07) is 11.5. The molecule has 2 aromatic rings. The fourth-order valence-corrected chi connectivity index (χ4v) is 3.51. The SMILES string of the molecule is CCN(CCOC(=O)[C@H](C)NC(=O)c1ccc(N)cc1)c1cccc2c1CCC(=O)N2.Cl. The van der Waals surface area contributed by atoms with Gasteiger partial charge in [-0.2, -0.15) is 0 Å². The lowest BCUT2D eigenvalue weighted by atomic mass is 10.00. The molecule has 0 saturated heterocycles. The van der Waals surface area contributed by atoms with Crippen LogP contribution in [0.4, 0.5) is 17.1 Å². The minimum absolute atomic E-state index is 0. The highest BCUT2D eigenvalue weighted by Gasteiger charge is 2.21. The summed E-state index contributed by atoms with van der Waals surface area (Å²) in [6.07, 6.45) is 1.14. The first kappa shape index (κ1) is 25.0. The normalized spacial score (nSPS) is 13.1. The van der Waals surface area contributed by atoms with Crippen LogP contribution in [0.5, 0.6) is 0 Å². The summed E-state index contributed by atoms with van der Waals surface area (Å²) in [5.41, 5.74) is 9.57. The number of amides is 2. The molecule has 1 heterocycles. The Kier molecular flexibility index (Phi) is 8.90. The van der Waals surface area contributed by atoms with E-state index in [4.69, 9.17) is 10.5 Å². The number of nitrogens with zero attached hydrogens (tertiary/aromatic N) is 1. The van der Waals surface area contributed by atoms with Crippen molar-refractivity contribution in [2.75, 3.05) is 35.6 Å². The largest absolute Gasteiger partial charge is 0.462 e. The van der Waals surface area contributed by atoms with Crippen molar-refractivity contribution < 1.29 is 19.1 Å². The average molecular weight is 461 g/mol. The van der Waals surface area contributed by atoms with Gasteiger partial charge in [0.05, 0.1) is 6.54 Å². The first-order chi connectivity index (χ1) is 14.9. The number of benzene rings is 2. The van der Waals surface area contributed by atoms with Gasteiger partial charge in [-0.05, 0) is 62.2 Å². The average Bonchev–Trinajstić information content (AvgIpc) is 2.76. The molecule has 9 heteroatoms. The van der Waals surface area contributed by atoms with Crippen LogP contribution in [-0.2, 0) is 20.7 Å². The van der Waals surface area contributed by atoms with Crippen molar-refractivity contribution in [3.63, 3.8) is 0 Å². The topological polar surface area (TPSA) is 114 Å². The van der Waals surface area contributed by atoms with Crippen LogP contribution in [0.25, 0.3) is 0 Å². The van der Waals surface area contributed by atoms with Crippen molar-refractivity contribution in [3.05, 3.63) is 53.6 Å². The number of likely N-dealkylation sites (N-methyl/N-ethyl adjacent to an activating group) is 1. The number of nitrogen functional groups attached to an aromatic ring is 1. The lowest BCUT2D eigenvalue weighted by molar-refractivity contribution is -0.145. The number of hydrogen-bond donors (Lipinski definition) is 3. The molecule has 0 spiro atoms. The Bertz CT molecular complexity index is 965. The van der Waals surface area contributed by atoms with Crippen LogP contribution in [-0.4, -0.2) is 43.5 Å². The molecule has 1 aliphatic rings. The van der Waals surface area contributed by atoms with E-state index in [9.17, 15) is 14.4 Å². The number of anilines is 3. The van der Waals surface area contributed by atoms with Gasteiger partial charge in [0.25, 0.3) is 5.91 Å². The lowest BCUT2D eigenvalue weighted by Crippen LogP contribution is -2.40. The fourth-order valence-electron chi connectivity index (χ4n) is 3.51. The second-order valence-electron chi connectivity index (χ2n) is 7.42. The number of rotatable bonds is 8. The quantitative estimate of drug-likeness (QED) is 0.412. The third-order valence-corrected chi connectivity index (χ3v) is 5.23. The van der Waals surface area contributed by atoms with Crippen molar-refractivity contribution in [1.29, 1.82) is 0 Å². The Morgan fingerprint density at radius 2 is 1.91 bits per heavy atom. The zero-order chi connectivity index (χ0) is 22.4. The number of carbonyl (C=O) groups excluding carboxylic acids is 3. The molecule has 2 aromatic carbocycles. The molecule has 0 fully saturated rings. The van der Waals surface area contributed by atoms with Crippen LogP contribution in [0.1, 0.15) is 36.2 Å². The van der Waals surface area contributed by atoms with Gasteiger partial charge in [0.1, 0.15) is 12.6 Å². The summed E-state index contributed by atoms with van der Waals surface area (Å²) < 4.78 is 5.39. The van der Waals surface area contributed by atoms with E-state index in [0.717, 1.165) is 23.5 Å². The maximum absolute atomic E-state index is 12.3. The van der Waals surface area contributed by atoms with Gasteiger partial charge in [-0.3, -0.25) is 9.59 Å². The summed E-state index contributed by atoms with van der Waals surface area (Å²) in [5.74, 6) is -0.837. The summed E-state index contributed by atoms with van der Waals surface area (Å²) in [7, 11) is 0. The van der Waals surface area contributed by atoms with Crippen molar-refractivity contribution in [2.45, 2.75) is 32.7 Å². The molecule has 8 nitrogen and oxygen atoms in total. The van der Waals surface area contributed by atoms with Gasteiger partial charge in [0.15, 0.2) is 0 Å². The maximum Gasteiger partial charge on any atom is 0.328 e. The van der Waals surface area contributed by atoms with Crippen molar-refractivity contribution in [2.24, 2.45) is 0 Å². The fraction of sp³-hybridized carbons (Fsp3) is 0.348. The first-order valence-corrected chi connectivity index (χ1v) is 10.4. The molecule has 0 aromatic heterocycles. The van der Waals surface area contributed by atoms with Crippen molar-refractivity contribution >= 4 is 47.3 Å². The van der Waals surface area contributed by atoms with E-state index < -0.39 is 12.0 Å². The highest BCUT2D eigenvalue weighted by atomic mass is 35.5. The minimum atomic E-state index is -0.778. The molecule has 0 saturated carbocycles. The molecular formula is C23H29ClN4O4. The van der Waals surface area contributed by atoms with Crippen LogP contribution in [0.2, 0.25) is 0 Å². The zero-order valence-corrected chi connectivity index (χ0v) is 19.0. The number of halogens is 1. The number of ether oxygens (including phenoxy) is 1. The van der Waals surface area contributed by atoms with Crippen LogP contribution in [0.15, 0.2) is 42.5 Å². The van der Waals surface area contributed by atoms with E-state index in [2.05, 4.69) is 15.5 Å². The molecule has 0 unspecified atom stereocenters. The Hall–Kier alpha value is -3.26. The van der Waals surface area contributed by atoms with E-state index in [1.165, 1.54) is 0 Å². The molecule has 0 bridgehead atoms. The Labute approximate surface area is 193 Å². The van der Waals surface area contributed by atoms with E-state index in [1.54, 1.807) is 31.2 Å². The van der Waals surface area contributed by atoms with Crippen LogP contribution in [0.3, 0.4) is 0 Å². The van der Waals surface area contributed by atoms with Gasteiger partial charge in [-0.15, -0.1) is 12.4 Å². The van der Waals surface area contributed by atoms with Crippen molar-refractivity contribution in [3.8, 4) is 0 Å². The number of carbonyl (C=O) groups is 3. The lowest BCUT2D eigenvalue weighted by Gasteiger charge is -2.29. The monoisotopic (exact) mass is 460 g/mol. The Morgan fingerprint density at radius 3 is 2.59 bits per heavy atom. The third kappa shape index (κ3) is 6.13. The number of esters is 1. The molecule has 0 radical (unpaired) electrons. The van der Waals surface area contributed by atoms with Gasteiger partial charge < -0.3 is 26.0 Å². The molecule has 3 rings (SSSR count). The Morgan fingerprint density at radius 1 is 1.19 bits per heavy atom. The Balaban J connectivity index is 0.00000363. The van der Waals surface area contributed by atoms with Gasteiger partial charge in [-0.1, -0.05) is 6.07 Å². The highest BCUT2D eigenvalue weighted by Crippen LogP contribution is 2.31. The zero-order valence-electron chi connectivity index (χ0n) is 18.2. The molecule has 4 N–H and O–H groups in total. The predicted molar refractivity (Wildman–Crippen MR) is 127 cm³/mol. The number of nitrogens with two attached hydrogens (primary N) is 1. The molecule has 1 atom stereocenters. The van der Waals surface area contributed by atoms with E-state index in [0.29, 0.717) is 30.6 Å². The van der Waals surface area contributed by atoms with Gasteiger partial charge in [0, 0.05) is 35.6 Å². The van der Waals surface area contributed by atoms with Crippen LogP contribution in [0, 0.1) is 0 Å². The first-order valence-electron chi connectivity index (χ1n) is 10.4. The van der Waals surface area contributed by atoms with E-state index in [-0.39, 0.29) is 30.8 Å². The van der Waals surface area contributed by atoms with E-state index >= 15 is 0 Å². The molecular weight excluding hydrogens is 432 g/mol. The standard InChI is InChI=1S/C23H28N4O4.ClH/c1-3-27(20-6-4-5-19-18(20)11-12-21(28)26-19)13-14-31-23(30)15(2)25-22(29)16-7-9-17(24)10-8-16;/h4-10,15H,3,11-14,24H2,1-2H3,(H,25,29)(H,26,28);1H/t15-;/m0./s1. The summed E-state index contributed by atoms with van der Waals surface area (Å²) in [5, 5.41) is 5.54. The number of hydrogen-bond acceptors (Lipinski definition) is 6. The number of fused-ring (bicyclic) bond motifs is 1. The van der Waals surface area contributed by atoms with Crippen LogP contribution < -0.4 is 21.3 Å². The second-order valence-corrected chi connectivity index (χ2v) is 7.42. The van der Waals surface area contributed by atoms with E-state index in [1.807, 2.05) is 25.1 Å². The van der Waals surface area contributed by atoms with Gasteiger partial charge >= 0.3 is 5.97 Å². The summed E-state index contributed by atoms with van der Waals surface area (Å²) in [4.78, 5) is 38.3. The van der Waals surface area contributed by atoms with Crippen molar-refractivity contribution in [1.82, 2.24) is 5.32 Å². The molecule has 172 valence electrons. The van der Waals surface area contributed by atoms with Gasteiger partial charge in [-0.25, -0.2) is 4.79 Å². The predicted octanol–water partition coefficient (Wildman–Crippen LogP) is 2.76.